The first-order valence-corrected chi connectivity index (χ1v) is 13.0. The van der Waals surface area contributed by atoms with Crippen LogP contribution in [-0.4, -0.2) is 14.0 Å². The van der Waals surface area contributed by atoms with Crippen molar-refractivity contribution in [2.45, 2.75) is 0 Å². The fraction of sp³-hybridized carbons (Fsp3) is 0. The lowest BCUT2D eigenvalue weighted by Crippen LogP contribution is -2.11. The molecule has 0 atom stereocenters. The van der Waals surface area contributed by atoms with Crippen LogP contribution < -0.4 is 5.56 Å². The van der Waals surface area contributed by atoms with Crippen LogP contribution in [0, 0.1) is 0 Å². The Balaban J connectivity index is 1.35. The van der Waals surface area contributed by atoms with Crippen molar-refractivity contribution < 1.29 is 0 Å². The predicted molar refractivity (Wildman–Crippen MR) is 154 cm³/mol. The van der Waals surface area contributed by atoms with Gasteiger partial charge < -0.3 is 4.57 Å². The fourth-order valence-electron chi connectivity index (χ4n) is 5.46. The second-order valence-corrected chi connectivity index (χ2v) is 10.3. The summed E-state index contributed by atoms with van der Waals surface area (Å²) >= 11 is 1.56. The molecule has 0 spiro atoms. The lowest BCUT2D eigenvalue weighted by atomic mass is 10.0. The quantitative estimate of drug-likeness (QED) is 0.246. The van der Waals surface area contributed by atoms with Crippen LogP contribution in [0.2, 0.25) is 0 Å². The van der Waals surface area contributed by atoms with Gasteiger partial charge in [0.2, 0.25) is 0 Å². The SMILES string of the molecule is O=c1c2ccc(-c3ccc4c(c3)c3ccccc3n4-c3ccccc3)cc2sc2nc3ccccc3n12. The van der Waals surface area contributed by atoms with Gasteiger partial charge in [-0.25, -0.2) is 9.38 Å². The third kappa shape index (κ3) is 2.95. The van der Waals surface area contributed by atoms with Gasteiger partial charge >= 0.3 is 0 Å². The van der Waals surface area contributed by atoms with Gasteiger partial charge in [0.05, 0.1) is 27.5 Å². The van der Waals surface area contributed by atoms with Crippen molar-refractivity contribution in [2.75, 3.05) is 0 Å². The van der Waals surface area contributed by atoms with Gasteiger partial charge in [-0.1, -0.05) is 72.0 Å². The van der Waals surface area contributed by atoms with Gasteiger partial charge in [0, 0.05) is 21.2 Å². The number of hydrogen-bond donors (Lipinski definition) is 0. The molecular formula is C32H19N3OS. The molecule has 0 aliphatic rings. The number of hydrogen-bond acceptors (Lipinski definition) is 3. The van der Waals surface area contributed by atoms with Crippen molar-refractivity contribution >= 4 is 59.2 Å². The van der Waals surface area contributed by atoms with E-state index in [0.717, 1.165) is 37.5 Å². The standard InChI is InChI=1S/C32H19N3OS/c36-31-24-16-14-21(19-30(24)37-32-33-26-11-5-7-13-29(26)35(31)32)20-15-17-28-25(18-20)23-10-4-6-12-27(23)34(28)22-8-2-1-3-9-22/h1-19H. The van der Waals surface area contributed by atoms with E-state index in [1.54, 1.807) is 15.7 Å². The Morgan fingerprint density at radius 3 is 2.19 bits per heavy atom. The summed E-state index contributed by atoms with van der Waals surface area (Å²) in [6.07, 6.45) is 0. The first-order chi connectivity index (χ1) is 18.3. The highest BCUT2D eigenvalue weighted by Gasteiger charge is 2.15. The molecule has 0 amide bonds. The minimum Gasteiger partial charge on any atom is -0.309 e. The van der Waals surface area contributed by atoms with Crippen molar-refractivity contribution in [3.63, 3.8) is 0 Å². The topological polar surface area (TPSA) is 39.3 Å². The van der Waals surface area contributed by atoms with Gasteiger partial charge in [-0.2, -0.15) is 0 Å². The van der Waals surface area contributed by atoms with Gasteiger partial charge in [-0.05, 0) is 65.7 Å². The van der Waals surface area contributed by atoms with E-state index in [4.69, 9.17) is 4.98 Å². The summed E-state index contributed by atoms with van der Waals surface area (Å²) in [4.78, 5) is 18.8. The largest absolute Gasteiger partial charge is 0.309 e. The van der Waals surface area contributed by atoms with Crippen molar-refractivity contribution in [2.24, 2.45) is 0 Å². The smallest absolute Gasteiger partial charge is 0.266 e. The monoisotopic (exact) mass is 493 g/mol. The van der Waals surface area contributed by atoms with Gasteiger partial charge in [0.15, 0.2) is 4.96 Å². The van der Waals surface area contributed by atoms with Crippen LogP contribution in [0.3, 0.4) is 0 Å². The third-order valence-corrected chi connectivity index (χ3v) is 8.18. The average molecular weight is 494 g/mol. The maximum absolute atomic E-state index is 13.4. The van der Waals surface area contributed by atoms with E-state index in [-0.39, 0.29) is 5.56 Å². The fourth-order valence-corrected chi connectivity index (χ4v) is 6.52. The molecule has 0 unspecified atom stereocenters. The second-order valence-electron chi connectivity index (χ2n) is 9.26. The molecule has 5 heteroatoms. The highest BCUT2D eigenvalue weighted by Crippen LogP contribution is 2.36. The maximum atomic E-state index is 13.4. The van der Waals surface area contributed by atoms with E-state index in [1.807, 2.05) is 36.4 Å². The second kappa shape index (κ2) is 7.63. The molecule has 0 bridgehead atoms. The molecule has 8 rings (SSSR count). The zero-order valence-corrected chi connectivity index (χ0v) is 20.4. The molecule has 0 aliphatic carbocycles. The molecule has 0 saturated carbocycles. The summed E-state index contributed by atoms with van der Waals surface area (Å²) in [7, 11) is 0. The van der Waals surface area contributed by atoms with E-state index < -0.39 is 0 Å². The zero-order valence-electron chi connectivity index (χ0n) is 19.6. The Hall–Kier alpha value is -4.74. The molecule has 0 saturated heterocycles. The van der Waals surface area contributed by atoms with Crippen LogP contribution in [0.15, 0.2) is 120 Å². The molecule has 0 radical (unpaired) electrons. The number of nitrogens with zero attached hydrogens (tertiary/aromatic N) is 3. The number of imidazole rings is 1. The average Bonchev–Trinajstić information content (AvgIpc) is 3.48. The van der Waals surface area contributed by atoms with Gasteiger partial charge in [-0.15, -0.1) is 0 Å². The van der Waals surface area contributed by atoms with Crippen LogP contribution in [0.25, 0.3) is 64.7 Å². The molecule has 0 N–H and O–H groups in total. The maximum Gasteiger partial charge on any atom is 0.266 e. The third-order valence-electron chi connectivity index (χ3n) is 7.17. The molecule has 4 nitrogen and oxygen atoms in total. The molecule has 37 heavy (non-hydrogen) atoms. The molecule has 5 aromatic carbocycles. The zero-order chi connectivity index (χ0) is 24.5. The Morgan fingerprint density at radius 2 is 1.30 bits per heavy atom. The number of benzene rings is 5. The van der Waals surface area contributed by atoms with Crippen molar-refractivity contribution in [3.8, 4) is 16.8 Å². The molecule has 0 fully saturated rings. The Labute approximate surface area is 215 Å². The van der Waals surface area contributed by atoms with Crippen molar-refractivity contribution in [3.05, 3.63) is 126 Å². The first kappa shape index (κ1) is 20.5. The Bertz CT molecular complexity index is 2220. The summed E-state index contributed by atoms with van der Waals surface area (Å²) in [6.45, 7) is 0. The molecule has 8 aromatic rings. The van der Waals surface area contributed by atoms with Crippen LogP contribution in [-0.2, 0) is 0 Å². The molecule has 174 valence electrons. The van der Waals surface area contributed by atoms with Crippen LogP contribution in [0.1, 0.15) is 0 Å². The lowest BCUT2D eigenvalue weighted by molar-refractivity contribution is 1.18. The van der Waals surface area contributed by atoms with E-state index >= 15 is 0 Å². The number of para-hydroxylation sites is 4. The van der Waals surface area contributed by atoms with Crippen molar-refractivity contribution in [1.82, 2.24) is 14.0 Å². The summed E-state index contributed by atoms with van der Waals surface area (Å²) in [5, 5.41) is 3.14. The molecule has 3 aromatic heterocycles. The molecular weight excluding hydrogens is 474 g/mol. The molecule has 0 aliphatic heterocycles. The van der Waals surface area contributed by atoms with E-state index in [2.05, 4.69) is 83.4 Å². The Morgan fingerprint density at radius 1 is 0.595 bits per heavy atom. The van der Waals surface area contributed by atoms with Gasteiger partial charge in [-0.3, -0.25) is 4.79 Å². The summed E-state index contributed by atoms with van der Waals surface area (Å²) in [5.74, 6) is 0. The van der Waals surface area contributed by atoms with Gasteiger partial charge in [0.25, 0.3) is 5.56 Å². The van der Waals surface area contributed by atoms with Gasteiger partial charge in [0.1, 0.15) is 0 Å². The summed E-state index contributed by atoms with van der Waals surface area (Å²) in [6, 6.07) is 39.6. The van der Waals surface area contributed by atoms with Crippen molar-refractivity contribution in [1.29, 1.82) is 0 Å². The van der Waals surface area contributed by atoms with Crippen LogP contribution >= 0.6 is 11.3 Å². The summed E-state index contributed by atoms with van der Waals surface area (Å²) < 4.78 is 4.99. The highest BCUT2D eigenvalue weighted by atomic mass is 32.1. The number of aromatic nitrogens is 3. The normalized spacial score (nSPS) is 11.9. The first-order valence-electron chi connectivity index (χ1n) is 12.2. The number of fused-ring (bicyclic) bond motifs is 7. The van der Waals surface area contributed by atoms with E-state index in [1.165, 1.54) is 21.8 Å². The van der Waals surface area contributed by atoms with E-state index in [0.29, 0.717) is 5.39 Å². The van der Waals surface area contributed by atoms with Crippen LogP contribution in [0.5, 0.6) is 0 Å². The number of rotatable bonds is 2. The summed E-state index contributed by atoms with van der Waals surface area (Å²) in [5.41, 5.74) is 7.38. The lowest BCUT2D eigenvalue weighted by Gasteiger charge is -2.08. The Kier molecular flexibility index (Phi) is 4.22. The molecule has 3 heterocycles. The predicted octanol–water partition coefficient (Wildman–Crippen LogP) is 7.83. The minimum atomic E-state index is -0.0228. The van der Waals surface area contributed by atoms with Crippen LogP contribution in [0.4, 0.5) is 0 Å². The van der Waals surface area contributed by atoms with E-state index in [9.17, 15) is 4.79 Å². The highest BCUT2D eigenvalue weighted by molar-refractivity contribution is 7.23. The minimum absolute atomic E-state index is 0.0228.